The number of halogens is 5. The van der Waals surface area contributed by atoms with Gasteiger partial charge in [-0.1, -0.05) is 52.5 Å². The summed E-state index contributed by atoms with van der Waals surface area (Å²) in [5, 5.41) is 1.22. The van der Waals surface area contributed by atoms with Crippen LogP contribution in [-0.2, 0) is 14.3 Å². The van der Waals surface area contributed by atoms with Crippen LogP contribution in [0.5, 0.6) is 5.75 Å². The van der Waals surface area contributed by atoms with Gasteiger partial charge in [-0.15, -0.1) is 0 Å². The monoisotopic (exact) mass is 542 g/mol. The number of ketones is 1. The van der Waals surface area contributed by atoms with E-state index >= 15 is 0 Å². The highest BCUT2D eigenvalue weighted by Gasteiger charge is 2.35. The Hall–Kier alpha value is -0.980. The van der Waals surface area contributed by atoms with Crippen molar-refractivity contribution in [2.75, 3.05) is 6.61 Å². The molecule has 0 saturated heterocycles. The molecule has 0 aromatic heterocycles. The quantitative estimate of drug-likeness (QED) is 0.284. The van der Waals surface area contributed by atoms with Gasteiger partial charge in [-0.3, -0.25) is 9.59 Å². The lowest BCUT2D eigenvalue weighted by Crippen LogP contribution is -2.38. The molecule has 0 bridgehead atoms. The van der Waals surface area contributed by atoms with E-state index in [-0.39, 0.29) is 12.4 Å². The number of alkyl halides is 1. The Labute approximate surface area is 198 Å². The first-order valence-electron chi connectivity index (χ1n) is 8.27. The number of benzene rings is 2. The third kappa shape index (κ3) is 9.58. The van der Waals surface area contributed by atoms with Crippen LogP contribution < -0.4 is 4.74 Å². The first-order valence-corrected chi connectivity index (χ1v) is 10.7. The Morgan fingerprint density at radius 2 is 1.55 bits per heavy atom. The van der Waals surface area contributed by atoms with Gasteiger partial charge in [0.05, 0.1) is 10.4 Å². The number of hydrogen-bond acceptors (Lipinski definition) is 4. The van der Waals surface area contributed by atoms with Crippen molar-refractivity contribution in [2.45, 2.75) is 25.8 Å². The van der Waals surface area contributed by atoms with Crippen molar-refractivity contribution in [3.05, 3.63) is 62.6 Å². The summed E-state index contributed by atoms with van der Waals surface area (Å²) in [4.78, 5) is 23.2. The van der Waals surface area contributed by atoms with Gasteiger partial charge >= 0.3 is 5.97 Å². The second-order valence-corrected chi connectivity index (χ2v) is 9.03. The highest BCUT2D eigenvalue weighted by atomic mass is 79.9. The summed E-state index contributed by atoms with van der Waals surface area (Å²) in [6.07, 6.45) is 0. The highest BCUT2D eigenvalue weighted by Crippen LogP contribution is 2.31. The van der Waals surface area contributed by atoms with E-state index in [0.29, 0.717) is 25.8 Å². The fraction of sp³-hybridized carbons (Fsp3) is 0.300. The molecule has 0 N–H and O–H groups in total. The Morgan fingerprint density at radius 3 is 2.00 bits per heavy atom. The van der Waals surface area contributed by atoms with Crippen molar-refractivity contribution in [2.24, 2.45) is 5.41 Å². The molecule has 4 nitrogen and oxygen atoms in total. The van der Waals surface area contributed by atoms with Crippen LogP contribution in [0.25, 0.3) is 0 Å². The van der Waals surface area contributed by atoms with Gasteiger partial charge < -0.3 is 9.47 Å². The van der Waals surface area contributed by atoms with Crippen LogP contribution in [0.2, 0.25) is 20.1 Å². The van der Waals surface area contributed by atoms with E-state index in [1.165, 1.54) is 13.0 Å². The first-order chi connectivity index (χ1) is 13.4. The lowest BCUT2D eigenvalue weighted by molar-refractivity contribution is -0.147. The van der Waals surface area contributed by atoms with E-state index < -0.39 is 16.4 Å². The zero-order valence-electron chi connectivity index (χ0n) is 15.8. The molecule has 2 rings (SSSR count). The van der Waals surface area contributed by atoms with Gasteiger partial charge in [-0.2, -0.15) is 0 Å². The minimum Gasteiger partial charge on any atom is -0.470 e. The maximum Gasteiger partial charge on any atom is 0.302 e. The average Bonchev–Trinajstić information content (AvgIpc) is 2.62. The first kappa shape index (κ1) is 26.1. The third-order valence-electron chi connectivity index (χ3n) is 3.42. The zero-order chi connectivity index (χ0) is 22.2. The largest absolute Gasteiger partial charge is 0.470 e. The van der Waals surface area contributed by atoms with Crippen molar-refractivity contribution in [3.8, 4) is 5.75 Å². The summed E-state index contributed by atoms with van der Waals surface area (Å²) in [6.45, 7) is 4.59. The molecule has 0 heterocycles. The van der Waals surface area contributed by atoms with Gasteiger partial charge in [0.2, 0.25) is 5.01 Å². The minimum atomic E-state index is -0.915. The molecule has 1 atom stereocenters. The molecule has 9 heteroatoms. The number of Topliss-reactive ketones (excluding diaryl/α,β-unsaturated/α-hetero) is 1. The summed E-state index contributed by atoms with van der Waals surface area (Å²) in [7, 11) is 0. The maximum atomic E-state index is 12.3. The number of ether oxygens (including phenoxy) is 2. The molecular weight excluding hydrogens is 526 g/mol. The van der Waals surface area contributed by atoms with Crippen LogP contribution in [0.3, 0.4) is 0 Å². The summed E-state index contributed by atoms with van der Waals surface area (Å²) < 4.78 is 10.4. The molecule has 0 aliphatic rings. The predicted octanol–water partition coefficient (Wildman–Crippen LogP) is 7.25. The Kier molecular flexibility index (Phi) is 10.8. The summed E-state index contributed by atoms with van der Waals surface area (Å²) in [5.41, 5.74) is -0.890. The average molecular weight is 545 g/mol. The van der Waals surface area contributed by atoms with Gasteiger partial charge in [0.25, 0.3) is 0 Å². The van der Waals surface area contributed by atoms with E-state index in [4.69, 9.17) is 55.9 Å². The molecule has 0 radical (unpaired) electrons. The van der Waals surface area contributed by atoms with Crippen molar-refractivity contribution in [1.82, 2.24) is 0 Å². The lowest BCUT2D eigenvalue weighted by Gasteiger charge is -2.25. The molecule has 29 heavy (non-hydrogen) atoms. The van der Waals surface area contributed by atoms with Crippen LogP contribution in [0.1, 0.15) is 20.8 Å². The van der Waals surface area contributed by atoms with Gasteiger partial charge in [-0.05, 0) is 66.2 Å². The van der Waals surface area contributed by atoms with E-state index in [9.17, 15) is 9.59 Å². The fourth-order valence-electron chi connectivity index (χ4n) is 1.86. The Balaban J connectivity index is 0.000000436. The Morgan fingerprint density at radius 1 is 1.00 bits per heavy atom. The number of rotatable bonds is 6. The number of esters is 1. The van der Waals surface area contributed by atoms with Crippen molar-refractivity contribution in [3.63, 3.8) is 0 Å². The summed E-state index contributed by atoms with van der Waals surface area (Å²) in [6, 6.07) is 11.8. The van der Waals surface area contributed by atoms with Crippen molar-refractivity contribution >= 4 is 74.1 Å². The maximum absolute atomic E-state index is 12.3. The lowest BCUT2D eigenvalue weighted by atomic mass is 9.89. The van der Waals surface area contributed by atoms with E-state index in [1.54, 1.807) is 44.2 Å². The van der Waals surface area contributed by atoms with E-state index in [1.807, 2.05) is 6.07 Å². The molecule has 158 valence electrons. The second-order valence-electron chi connectivity index (χ2n) is 6.48. The van der Waals surface area contributed by atoms with E-state index in [0.717, 1.165) is 0 Å². The third-order valence-corrected chi connectivity index (χ3v) is 5.02. The minimum absolute atomic E-state index is 0.0268. The van der Waals surface area contributed by atoms with Crippen molar-refractivity contribution < 1.29 is 19.1 Å². The molecule has 0 aliphatic carbocycles. The summed E-state index contributed by atoms with van der Waals surface area (Å²) in [5.74, 6) is -0.377. The van der Waals surface area contributed by atoms with Gasteiger partial charge in [0.15, 0.2) is 5.78 Å². The van der Waals surface area contributed by atoms with Crippen LogP contribution in [0.15, 0.2) is 42.5 Å². The standard InChI is InChI=1S/C14H15BrCl2O4.C6H4Cl2/c1-8(18)20-7-14(2,3)12(19)13(15)21-11-5-4-9(16)6-10(11)17;7-5-2-1-3-6(8)4-5/h4-6,13H,7H2,1-3H3;1-4H. The molecule has 0 amide bonds. The van der Waals surface area contributed by atoms with Gasteiger partial charge in [0, 0.05) is 22.0 Å². The Bertz CT molecular complexity index is 841. The predicted molar refractivity (Wildman–Crippen MR) is 122 cm³/mol. The van der Waals surface area contributed by atoms with Gasteiger partial charge in [-0.25, -0.2) is 0 Å². The highest BCUT2D eigenvalue weighted by molar-refractivity contribution is 9.09. The van der Waals surface area contributed by atoms with Crippen molar-refractivity contribution in [1.29, 1.82) is 0 Å². The SMILES string of the molecule is CC(=O)OCC(C)(C)C(=O)C(Br)Oc1ccc(Cl)cc1Cl.Clc1cccc(Cl)c1. The number of carbonyl (C=O) groups excluding carboxylic acids is 2. The second kappa shape index (κ2) is 12.0. The summed E-state index contributed by atoms with van der Waals surface area (Å²) >= 11 is 26.1. The van der Waals surface area contributed by atoms with E-state index in [2.05, 4.69) is 15.9 Å². The molecule has 2 aromatic rings. The fourth-order valence-corrected chi connectivity index (χ4v) is 3.57. The molecule has 1 unspecified atom stereocenters. The number of hydrogen-bond donors (Lipinski definition) is 0. The molecule has 0 aliphatic heterocycles. The van der Waals surface area contributed by atoms with Gasteiger partial charge in [0.1, 0.15) is 12.4 Å². The molecular formula is C20H19BrCl4O4. The van der Waals surface area contributed by atoms with Crippen LogP contribution >= 0.6 is 62.3 Å². The molecule has 0 saturated carbocycles. The normalized spacial score (nSPS) is 11.7. The molecule has 2 aromatic carbocycles. The topological polar surface area (TPSA) is 52.6 Å². The van der Waals surface area contributed by atoms with Crippen LogP contribution in [0, 0.1) is 5.41 Å². The smallest absolute Gasteiger partial charge is 0.302 e. The van der Waals surface area contributed by atoms with Crippen LogP contribution in [0.4, 0.5) is 0 Å². The zero-order valence-corrected chi connectivity index (χ0v) is 20.5. The van der Waals surface area contributed by atoms with Crippen LogP contribution in [-0.4, -0.2) is 23.4 Å². The molecule has 0 fully saturated rings. The number of carbonyl (C=O) groups is 2. The molecule has 0 spiro atoms.